The van der Waals surface area contributed by atoms with Gasteiger partial charge in [-0.1, -0.05) is 18.2 Å². The van der Waals surface area contributed by atoms with Gasteiger partial charge in [0.25, 0.3) is 5.91 Å². The van der Waals surface area contributed by atoms with Crippen LogP contribution in [0, 0.1) is 0 Å². The number of hydrogen-bond acceptors (Lipinski definition) is 6. The molecule has 2 aromatic carbocycles. The quantitative estimate of drug-likeness (QED) is 0.520. The van der Waals surface area contributed by atoms with Gasteiger partial charge in [-0.05, 0) is 67.8 Å². The molecular weight excluding hydrogens is 408 g/mol. The summed E-state index contributed by atoms with van der Waals surface area (Å²) in [5.74, 6) is 0.0953. The maximum atomic E-state index is 12.2. The molecule has 7 nitrogen and oxygen atoms in total. The lowest BCUT2D eigenvalue weighted by molar-refractivity contribution is -0.119. The summed E-state index contributed by atoms with van der Waals surface area (Å²) in [5, 5.41) is 2.74. The molecule has 0 saturated carbocycles. The number of benzene rings is 2. The van der Waals surface area contributed by atoms with Crippen molar-refractivity contribution in [2.75, 3.05) is 29.9 Å². The monoisotopic (exact) mass is 434 g/mol. The first-order valence-corrected chi connectivity index (χ1v) is 10.8. The lowest BCUT2D eigenvalue weighted by atomic mass is 10.1. The Bertz CT molecular complexity index is 1020. The average Bonchev–Trinajstić information content (AvgIpc) is 3.32. The molecule has 0 atom stereocenters. The molecule has 1 aliphatic rings. The van der Waals surface area contributed by atoms with Gasteiger partial charge >= 0.3 is 5.97 Å². The molecule has 3 aromatic rings. The second kappa shape index (κ2) is 10.5. The van der Waals surface area contributed by atoms with Crippen LogP contribution in [0.2, 0.25) is 0 Å². The molecule has 166 valence electrons. The summed E-state index contributed by atoms with van der Waals surface area (Å²) in [7, 11) is 0. The Labute approximate surface area is 186 Å². The van der Waals surface area contributed by atoms with E-state index in [1.165, 1.54) is 25.3 Å². The lowest BCUT2D eigenvalue weighted by Crippen LogP contribution is -2.29. The molecule has 0 unspecified atom stereocenters. The highest BCUT2D eigenvalue weighted by Gasteiger charge is 2.15. The van der Waals surface area contributed by atoms with Crippen LogP contribution in [0.1, 0.15) is 35.6 Å². The van der Waals surface area contributed by atoms with Crippen molar-refractivity contribution in [3.05, 3.63) is 78.3 Å². The molecule has 0 aliphatic carbocycles. The maximum Gasteiger partial charge on any atom is 0.374 e. The molecule has 1 saturated heterocycles. The van der Waals surface area contributed by atoms with Crippen molar-refractivity contribution in [2.24, 2.45) is 0 Å². The number of amides is 1. The summed E-state index contributed by atoms with van der Waals surface area (Å²) in [6.45, 7) is 1.91. The number of carbonyl (C=O) groups is 2. The summed E-state index contributed by atoms with van der Waals surface area (Å²) >= 11 is 0. The van der Waals surface area contributed by atoms with E-state index in [0.717, 1.165) is 18.8 Å². The Morgan fingerprint density at radius 1 is 0.906 bits per heavy atom. The fourth-order valence-corrected chi connectivity index (χ4v) is 3.54. The molecule has 1 N–H and O–H groups in total. The first-order valence-electron chi connectivity index (χ1n) is 10.8. The highest BCUT2D eigenvalue weighted by atomic mass is 16.6. The minimum Gasteiger partial charge on any atom is -0.486 e. The zero-order chi connectivity index (χ0) is 22.2. The molecule has 1 aliphatic heterocycles. The largest absolute Gasteiger partial charge is 0.486 e. The highest BCUT2D eigenvalue weighted by Crippen LogP contribution is 2.22. The Morgan fingerprint density at radius 3 is 2.41 bits per heavy atom. The first kappa shape index (κ1) is 21.5. The van der Waals surface area contributed by atoms with E-state index in [0.29, 0.717) is 17.2 Å². The number of esters is 1. The summed E-state index contributed by atoms with van der Waals surface area (Å²) < 4.78 is 16.1. The Kier molecular flexibility index (Phi) is 7.07. The molecule has 0 spiro atoms. The van der Waals surface area contributed by atoms with Crippen LogP contribution < -0.4 is 15.0 Å². The van der Waals surface area contributed by atoms with E-state index in [-0.39, 0.29) is 12.4 Å². The predicted molar refractivity (Wildman–Crippen MR) is 121 cm³/mol. The smallest absolute Gasteiger partial charge is 0.374 e. The topological polar surface area (TPSA) is 81.0 Å². The summed E-state index contributed by atoms with van der Waals surface area (Å²) in [6.07, 6.45) is 3.70. The zero-order valence-corrected chi connectivity index (χ0v) is 17.8. The van der Waals surface area contributed by atoms with Crippen molar-refractivity contribution < 1.29 is 23.5 Å². The molecule has 32 heavy (non-hydrogen) atoms. The zero-order valence-electron chi connectivity index (χ0n) is 17.8. The van der Waals surface area contributed by atoms with Gasteiger partial charge in [-0.2, -0.15) is 0 Å². The fraction of sp³-hybridized carbons (Fsp3) is 0.280. The van der Waals surface area contributed by atoms with Crippen LogP contribution in [0.3, 0.4) is 0 Å². The van der Waals surface area contributed by atoms with Gasteiger partial charge in [0.2, 0.25) is 5.76 Å². The molecule has 7 heteroatoms. The minimum absolute atomic E-state index is 0.0235. The Hall–Kier alpha value is -3.74. The van der Waals surface area contributed by atoms with E-state index in [9.17, 15) is 9.59 Å². The van der Waals surface area contributed by atoms with Gasteiger partial charge in [0.15, 0.2) is 6.61 Å². The summed E-state index contributed by atoms with van der Waals surface area (Å²) in [4.78, 5) is 26.7. The lowest BCUT2D eigenvalue weighted by Gasteiger charge is -2.28. The van der Waals surface area contributed by atoms with Crippen LogP contribution in [0.5, 0.6) is 5.75 Å². The number of ether oxygens (including phenoxy) is 2. The van der Waals surface area contributed by atoms with Gasteiger partial charge in [0.05, 0.1) is 0 Å². The van der Waals surface area contributed by atoms with E-state index in [2.05, 4.69) is 10.2 Å². The number of nitrogens with zero attached hydrogens (tertiary/aromatic N) is 1. The molecular formula is C25H26N2O5. The number of anilines is 2. The summed E-state index contributed by atoms with van der Waals surface area (Å²) in [6, 6.07) is 20.1. The van der Waals surface area contributed by atoms with Crippen LogP contribution in [-0.4, -0.2) is 31.6 Å². The third-order valence-electron chi connectivity index (χ3n) is 5.19. The SMILES string of the molecule is O=C(COC(=O)c1ccc(COc2ccccc2)o1)Nc1ccc(N2CCCCC2)cc1. The van der Waals surface area contributed by atoms with Crippen molar-refractivity contribution in [1.29, 1.82) is 0 Å². The summed E-state index contributed by atoms with van der Waals surface area (Å²) in [5.41, 5.74) is 1.81. The maximum absolute atomic E-state index is 12.2. The third-order valence-corrected chi connectivity index (χ3v) is 5.19. The fourth-order valence-electron chi connectivity index (χ4n) is 3.54. The number of hydrogen-bond donors (Lipinski definition) is 1. The van der Waals surface area contributed by atoms with Gasteiger partial charge in [-0.25, -0.2) is 4.79 Å². The number of rotatable bonds is 8. The van der Waals surface area contributed by atoms with Crippen molar-refractivity contribution >= 4 is 23.3 Å². The Morgan fingerprint density at radius 2 is 1.66 bits per heavy atom. The first-order chi connectivity index (χ1) is 15.7. The van der Waals surface area contributed by atoms with Gasteiger partial charge in [-0.3, -0.25) is 4.79 Å². The molecule has 0 radical (unpaired) electrons. The van der Waals surface area contributed by atoms with Crippen molar-refractivity contribution in [2.45, 2.75) is 25.9 Å². The second-order valence-corrected chi connectivity index (χ2v) is 7.59. The van der Waals surface area contributed by atoms with Crippen molar-refractivity contribution in [3.8, 4) is 5.75 Å². The van der Waals surface area contributed by atoms with Gasteiger partial charge in [0, 0.05) is 24.5 Å². The van der Waals surface area contributed by atoms with Crippen LogP contribution >= 0.6 is 0 Å². The van der Waals surface area contributed by atoms with Gasteiger partial charge in [0.1, 0.15) is 18.1 Å². The molecule has 2 heterocycles. The van der Waals surface area contributed by atoms with E-state index < -0.39 is 18.5 Å². The molecule has 1 fully saturated rings. The molecule has 0 bridgehead atoms. The van der Waals surface area contributed by atoms with Crippen LogP contribution in [-0.2, 0) is 16.1 Å². The second-order valence-electron chi connectivity index (χ2n) is 7.59. The van der Waals surface area contributed by atoms with E-state index in [4.69, 9.17) is 13.9 Å². The third kappa shape index (κ3) is 5.91. The van der Waals surface area contributed by atoms with E-state index in [1.54, 1.807) is 6.07 Å². The highest BCUT2D eigenvalue weighted by molar-refractivity contribution is 5.94. The van der Waals surface area contributed by atoms with Crippen LogP contribution in [0.15, 0.2) is 71.1 Å². The normalized spacial score (nSPS) is 13.4. The number of furan rings is 1. The average molecular weight is 434 g/mol. The Balaban J connectivity index is 1.21. The number of para-hydroxylation sites is 1. The molecule has 1 amide bonds. The van der Waals surface area contributed by atoms with Crippen LogP contribution in [0.4, 0.5) is 11.4 Å². The number of nitrogens with one attached hydrogen (secondary N) is 1. The standard InChI is InChI=1S/C25H26N2O5/c28-24(26-19-9-11-20(12-10-19)27-15-5-2-6-16-27)18-31-25(29)23-14-13-22(32-23)17-30-21-7-3-1-4-8-21/h1,3-4,7-14H,2,5-6,15-18H2,(H,26,28). The van der Waals surface area contributed by atoms with E-state index >= 15 is 0 Å². The number of piperidine rings is 1. The van der Waals surface area contributed by atoms with Gasteiger partial charge < -0.3 is 24.1 Å². The predicted octanol–water partition coefficient (Wildman–Crippen LogP) is 4.64. The van der Waals surface area contributed by atoms with Crippen LogP contribution in [0.25, 0.3) is 0 Å². The van der Waals surface area contributed by atoms with Gasteiger partial charge in [-0.15, -0.1) is 0 Å². The molecule has 4 rings (SSSR count). The minimum atomic E-state index is -0.702. The van der Waals surface area contributed by atoms with Crippen molar-refractivity contribution in [3.63, 3.8) is 0 Å². The number of carbonyl (C=O) groups excluding carboxylic acids is 2. The van der Waals surface area contributed by atoms with E-state index in [1.807, 2.05) is 54.6 Å². The molecule has 1 aromatic heterocycles. The van der Waals surface area contributed by atoms with Crippen molar-refractivity contribution in [1.82, 2.24) is 0 Å².